The molecule has 0 saturated heterocycles. The van der Waals surface area contributed by atoms with Crippen LogP contribution in [0.4, 0.5) is 5.69 Å². The molecule has 0 aromatic carbocycles. The smallest absolute Gasteiger partial charge is 0.244 e. The van der Waals surface area contributed by atoms with Crippen LogP contribution in [0.1, 0.15) is 50.4 Å². The fourth-order valence-electron chi connectivity index (χ4n) is 3.11. The molecule has 1 amide bonds. The number of likely N-dealkylation sites (N-methyl/N-ethyl adjacent to an activating group) is 1. The van der Waals surface area contributed by atoms with Crippen molar-refractivity contribution in [2.75, 3.05) is 12.3 Å². The summed E-state index contributed by atoms with van der Waals surface area (Å²) in [4.78, 5) is 14.6. The number of aromatic nitrogens is 2. The summed E-state index contributed by atoms with van der Waals surface area (Å²) in [5.41, 5.74) is 8.30. The molecule has 112 valence electrons. The number of carbonyl (C=O) groups excluding carboxylic acids is 1. The fraction of sp³-hybridized carbons (Fsp3) is 0.733. The standard InChI is InChI=1S/C15H26N4O/c1-4-18(13-8-6-5-7-9-13)14(20)10-19-12(3)15(16)11(2)17-19/h13H,4-10,16H2,1-3H3. The second-order valence-electron chi connectivity index (χ2n) is 5.71. The second-order valence-corrected chi connectivity index (χ2v) is 5.71. The fourth-order valence-corrected chi connectivity index (χ4v) is 3.11. The average molecular weight is 278 g/mol. The summed E-state index contributed by atoms with van der Waals surface area (Å²) in [5, 5.41) is 4.36. The number of amides is 1. The average Bonchev–Trinajstić information content (AvgIpc) is 2.68. The van der Waals surface area contributed by atoms with Gasteiger partial charge >= 0.3 is 0 Å². The number of nitrogen functional groups attached to an aromatic ring is 1. The summed E-state index contributed by atoms with van der Waals surface area (Å²) < 4.78 is 1.73. The molecule has 5 nitrogen and oxygen atoms in total. The maximum Gasteiger partial charge on any atom is 0.244 e. The third kappa shape index (κ3) is 2.97. The lowest BCUT2D eigenvalue weighted by Crippen LogP contribution is -2.43. The zero-order valence-electron chi connectivity index (χ0n) is 12.9. The van der Waals surface area contributed by atoms with Crippen LogP contribution in [-0.4, -0.2) is 33.2 Å². The van der Waals surface area contributed by atoms with E-state index in [-0.39, 0.29) is 5.91 Å². The molecule has 2 N–H and O–H groups in total. The number of nitrogens with two attached hydrogens (primary N) is 1. The van der Waals surface area contributed by atoms with E-state index >= 15 is 0 Å². The lowest BCUT2D eigenvalue weighted by Gasteiger charge is -2.33. The van der Waals surface area contributed by atoms with Crippen molar-refractivity contribution >= 4 is 11.6 Å². The van der Waals surface area contributed by atoms with Crippen LogP contribution in [0, 0.1) is 13.8 Å². The van der Waals surface area contributed by atoms with Crippen molar-refractivity contribution in [2.24, 2.45) is 0 Å². The first-order valence-corrected chi connectivity index (χ1v) is 7.63. The molecule has 0 spiro atoms. The Morgan fingerprint density at radius 3 is 2.50 bits per heavy atom. The van der Waals surface area contributed by atoms with Gasteiger partial charge in [0.15, 0.2) is 0 Å². The van der Waals surface area contributed by atoms with Crippen molar-refractivity contribution in [3.05, 3.63) is 11.4 Å². The Balaban J connectivity index is 2.06. The van der Waals surface area contributed by atoms with Crippen LogP contribution in [0.5, 0.6) is 0 Å². The summed E-state index contributed by atoms with van der Waals surface area (Å²) in [6.45, 7) is 6.93. The van der Waals surface area contributed by atoms with E-state index in [4.69, 9.17) is 5.73 Å². The first kappa shape index (κ1) is 14.9. The lowest BCUT2D eigenvalue weighted by molar-refractivity contribution is -0.134. The minimum absolute atomic E-state index is 0.157. The van der Waals surface area contributed by atoms with E-state index in [2.05, 4.69) is 12.0 Å². The Kier molecular flexibility index (Phi) is 4.68. The molecule has 1 saturated carbocycles. The molecule has 0 bridgehead atoms. The summed E-state index contributed by atoms with van der Waals surface area (Å²) in [6.07, 6.45) is 6.05. The van der Waals surface area contributed by atoms with Gasteiger partial charge in [-0.15, -0.1) is 0 Å². The van der Waals surface area contributed by atoms with Gasteiger partial charge in [0, 0.05) is 12.6 Å². The molecule has 0 aliphatic heterocycles. The van der Waals surface area contributed by atoms with Crippen LogP contribution in [0.3, 0.4) is 0 Å². The normalized spacial score (nSPS) is 16.4. The highest BCUT2D eigenvalue weighted by molar-refractivity contribution is 5.76. The molecule has 1 aliphatic rings. The largest absolute Gasteiger partial charge is 0.396 e. The van der Waals surface area contributed by atoms with Crippen molar-refractivity contribution in [1.29, 1.82) is 0 Å². The number of hydrogen-bond acceptors (Lipinski definition) is 3. The predicted octanol–water partition coefficient (Wildman–Crippen LogP) is 2.26. The van der Waals surface area contributed by atoms with Gasteiger partial charge in [-0.05, 0) is 33.6 Å². The van der Waals surface area contributed by atoms with Gasteiger partial charge < -0.3 is 10.6 Å². The summed E-state index contributed by atoms with van der Waals surface area (Å²) >= 11 is 0. The first-order chi connectivity index (χ1) is 9.54. The van der Waals surface area contributed by atoms with Gasteiger partial charge in [0.25, 0.3) is 0 Å². The number of rotatable bonds is 4. The van der Waals surface area contributed by atoms with E-state index in [0.29, 0.717) is 18.3 Å². The minimum atomic E-state index is 0.157. The van der Waals surface area contributed by atoms with E-state index < -0.39 is 0 Å². The van der Waals surface area contributed by atoms with Gasteiger partial charge in [-0.2, -0.15) is 5.10 Å². The van der Waals surface area contributed by atoms with Crippen molar-refractivity contribution in [1.82, 2.24) is 14.7 Å². The van der Waals surface area contributed by atoms with Gasteiger partial charge in [-0.1, -0.05) is 19.3 Å². The van der Waals surface area contributed by atoms with Crippen LogP contribution in [0.15, 0.2) is 0 Å². The van der Waals surface area contributed by atoms with E-state index in [1.54, 1.807) is 4.68 Å². The molecule has 0 unspecified atom stereocenters. The van der Waals surface area contributed by atoms with Crippen LogP contribution in [0.2, 0.25) is 0 Å². The van der Waals surface area contributed by atoms with Crippen molar-refractivity contribution in [2.45, 2.75) is 65.5 Å². The van der Waals surface area contributed by atoms with E-state index in [1.165, 1.54) is 19.3 Å². The van der Waals surface area contributed by atoms with Gasteiger partial charge in [-0.3, -0.25) is 9.48 Å². The molecule has 1 aliphatic carbocycles. The van der Waals surface area contributed by atoms with Crippen LogP contribution >= 0.6 is 0 Å². The maximum absolute atomic E-state index is 12.5. The van der Waals surface area contributed by atoms with E-state index in [0.717, 1.165) is 30.8 Å². The Bertz CT molecular complexity index is 474. The Morgan fingerprint density at radius 1 is 1.35 bits per heavy atom. The van der Waals surface area contributed by atoms with Crippen molar-refractivity contribution in [3.8, 4) is 0 Å². The molecule has 5 heteroatoms. The van der Waals surface area contributed by atoms with Crippen LogP contribution < -0.4 is 5.73 Å². The molecule has 20 heavy (non-hydrogen) atoms. The molecular formula is C15H26N4O. The topological polar surface area (TPSA) is 64.2 Å². The SMILES string of the molecule is CCN(C(=O)Cn1nc(C)c(N)c1C)C1CCCCC1. The third-order valence-electron chi connectivity index (χ3n) is 4.40. The van der Waals surface area contributed by atoms with Gasteiger partial charge in [0.2, 0.25) is 5.91 Å². The highest BCUT2D eigenvalue weighted by atomic mass is 16.2. The highest BCUT2D eigenvalue weighted by Gasteiger charge is 2.24. The molecule has 1 aromatic rings. The van der Waals surface area contributed by atoms with Gasteiger partial charge in [-0.25, -0.2) is 0 Å². The quantitative estimate of drug-likeness (QED) is 0.919. The Morgan fingerprint density at radius 2 is 2.00 bits per heavy atom. The third-order valence-corrected chi connectivity index (χ3v) is 4.40. The molecule has 0 atom stereocenters. The van der Waals surface area contributed by atoms with Crippen molar-refractivity contribution < 1.29 is 4.79 Å². The Labute approximate surface area is 121 Å². The van der Waals surface area contributed by atoms with Crippen molar-refractivity contribution in [3.63, 3.8) is 0 Å². The highest BCUT2D eigenvalue weighted by Crippen LogP contribution is 2.23. The number of anilines is 1. The molecule has 1 fully saturated rings. The number of nitrogens with zero attached hydrogens (tertiary/aromatic N) is 3. The van der Waals surface area contributed by atoms with E-state index in [1.807, 2.05) is 18.7 Å². The monoisotopic (exact) mass is 278 g/mol. The summed E-state index contributed by atoms with van der Waals surface area (Å²) in [6, 6.07) is 0.413. The molecular weight excluding hydrogens is 252 g/mol. The van der Waals surface area contributed by atoms with Gasteiger partial charge in [0.1, 0.15) is 6.54 Å². The minimum Gasteiger partial charge on any atom is -0.396 e. The number of hydrogen-bond donors (Lipinski definition) is 1. The number of aryl methyl sites for hydroxylation is 1. The molecule has 1 heterocycles. The first-order valence-electron chi connectivity index (χ1n) is 7.63. The predicted molar refractivity (Wildman–Crippen MR) is 80.4 cm³/mol. The van der Waals surface area contributed by atoms with E-state index in [9.17, 15) is 4.79 Å². The Hall–Kier alpha value is -1.52. The summed E-state index contributed by atoms with van der Waals surface area (Å²) in [7, 11) is 0. The van der Waals surface area contributed by atoms with Crippen LogP contribution in [0.25, 0.3) is 0 Å². The number of carbonyl (C=O) groups is 1. The zero-order valence-corrected chi connectivity index (χ0v) is 12.9. The molecule has 1 aromatic heterocycles. The maximum atomic E-state index is 12.5. The lowest BCUT2D eigenvalue weighted by atomic mass is 9.94. The van der Waals surface area contributed by atoms with Crippen LogP contribution in [-0.2, 0) is 11.3 Å². The second kappa shape index (κ2) is 6.29. The zero-order chi connectivity index (χ0) is 14.7. The van der Waals surface area contributed by atoms with Gasteiger partial charge in [0.05, 0.1) is 17.1 Å². The molecule has 2 rings (SSSR count). The summed E-state index contributed by atoms with van der Waals surface area (Å²) in [5.74, 6) is 0.157. The molecule has 0 radical (unpaired) electrons.